The molecule has 1 fully saturated rings. The molecule has 1 aromatic rings. The fraction of sp³-hybridized carbons (Fsp3) is 0.476. The first-order valence-corrected chi connectivity index (χ1v) is 8.92. The molecule has 2 atom stereocenters. The summed E-state index contributed by atoms with van der Waals surface area (Å²) in [5.41, 5.74) is 2.41. The largest absolute Gasteiger partial charge is 0.445 e. The second-order valence-corrected chi connectivity index (χ2v) is 6.51. The zero-order chi connectivity index (χ0) is 16.8. The Bertz CT molecular complexity index is 653. The quantitative estimate of drug-likeness (QED) is 0.597. The Morgan fingerprint density at radius 1 is 1.25 bits per heavy atom. The monoisotopic (exact) mass is 323 g/mol. The van der Waals surface area contributed by atoms with Gasteiger partial charge in [0, 0.05) is 18.9 Å². The van der Waals surface area contributed by atoms with Crippen molar-refractivity contribution in [2.45, 2.75) is 64.1 Å². The highest BCUT2D eigenvalue weighted by atomic mass is 16.6. The van der Waals surface area contributed by atoms with E-state index in [0.29, 0.717) is 6.61 Å². The Labute approximate surface area is 144 Å². The van der Waals surface area contributed by atoms with Crippen molar-refractivity contribution < 1.29 is 9.53 Å². The van der Waals surface area contributed by atoms with Crippen molar-refractivity contribution in [3.05, 3.63) is 47.5 Å². The zero-order valence-electron chi connectivity index (χ0n) is 14.3. The maximum atomic E-state index is 12.6. The van der Waals surface area contributed by atoms with Gasteiger partial charge in [-0.05, 0) is 31.2 Å². The van der Waals surface area contributed by atoms with Gasteiger partial charge in [0.1, 0.15) is 6.61 Å². The van der Waals surface area contributed by atoms with Crippen molar-refractivity contribution in [1.82, 2.24) is 4.90 Å². The molecule has 1 amide bonds. The fourth-order valence-electron chi connectivity index (χ4n) is 3.63. The minimum absolute atomic E-state index is 0.177. The van der Waals surface area contributed by atoms with Crippen LogP contribution in [-0.2, 0) is 11.3 Å². The van der Waals surface area contributed by atoms with E-state index in [4.69, 9.17) is 4.74 Å². The smallest absolute Gasteiger partial charge is 0.410 e. The number of benzene rings is 1. The maximum absolute atomic E-state index is 12.6. The van der Waals surface area contributed by atoms with E-state index in [-0.39, 0.29) is 18.2 Å². The topological polar surface area (TPSA) is 29.5 Å². The van der Waals surface area contributed by atoms with Gasteiger partial charge < -0.3 is 4.74 Å². The number of carbonyl (C=O) groups excluding carboxylic acids is 1. The number of fused-ring (bicyclic) bond motifs is 2. The Hall–Kier alpha value is -2.21. The molecule has 3 rings (SSSR count). The van der Waals surface area contributed by atoms with E-state index in [2.05, 4.69) is 24.8 Å². The molecule has 2 heterocycles. The third-order valence-electron chi connectivity index (χ3n) is 4.75. The summed E-state index contributed by atoms with van der Waals surface area (Å²) in [5, 5.41) is 0. The van der Waals surface area contributed by atoms with Crippen LogP contribution in [0.1, 0.15) is 51.0 Å². The van der Waals surface area contributed by atoms with E-state index >= 15 is 0 Å². The SMILES string of the molecule is CCC#CCC1=CC2CCCC(C1)N2C(=O)OCc1ccccc1. The lowest BCUT2D eigenvalue weighted by atomic mass is 9.84. The van der Waals surface area contributed by atoms with Crippen molar-refractivity contribution >= 4 is 6.09 Å². The summed E-state index contributed by atoms with van der Waals surface area (Å²) in [4.78, 5) is 14.6. The Kier molecular flexibility index (Phi) is 5.59. The number of hydrogen-bond donors (Lipinski definition) is 0. The summed E-state index contributed by atoms with van der Waals surface area (Å²) in [6.45, 7) is 2.41. The molecule has 0 aliphatic carbocycles. The van der Waals surface area contributed by atoms with Crippen LogP contribution >= 0.6 is 0 Å². The van der Waals surface area contributed by atoms with Gasteiger partial charge in [0.25, 0.3) is 0 Å². The molecule has 0 saturated carbocycles. The lowest BCUT2D eigenvalue weighted by Crippen LogP contribution is -2.51. The summed E-state index contributed by atoms with van der Waals surface area (Å²) in [5.74, 6) is 6.37. The van der Waals surface area contributed by atoms with Crippen LogP contribution in [0.4, 0.5) is 4.79 Å². The molecule has 2 aliphatic heterocycles. The van der Waals surface area contributed by atoms with Crippen molar-refractivity contribution in [3.63, 3.8) is 0 Å². The molecule has 0 radical (unpaired) electrons. The Morgan fingerprint density at radius 2 is 2.08 bits per heavy atom. The third-order valence-corrected chi connectivity index (χ3v) is 4.75. The predicted octanol–water partition coefficient (Wildman–Crippen LogP) is 4.68. The normalized spacial score (nSPS) is 22.2. The summed E-state index contributed by atoms with van der Waals surface area (Å²) >= 11 is 0. The molecule has 2 aliphatic rings. The van der Waals surface area contributed by atoms with E-state index in [1.807, 2.05) is 35.2 Å². The molecule has 3 nitrogen and oxygen atoms in total. The van der Waals surface area contributed by atoms with Crippen molar-refractivity contribution in [1.29, 1.82) is 0 Å². The van der Waals surface area contributed by atoms with Crippen LogP contribution in [0.3, 0.4) is 0 Å². The van der Waals surface area contributed by atoms with Crippen LogP contribution < -0.4 is 0 Å². The van der Waals surface area contributed by atoms with Crippen LogP contribution in [0.25, 0.3) is 0 Å². The van der Waals surface area contributed by atoms with Crippen molar-refractivity contribution in [2.24, 2.45) is 0 Å². The molecular weight excluding hydrogens is 298 g/mol. The number of nitrogens with zero attached hydrogens (tertiary/aromatic N) is 1. The molecule has 0 spiro atoms. The highest BCUT2D eigenvalue weighted by Crippen LogP contribution is 2.34. The van der Waals surface area contributed by atoms with Gasteiger partial charge in [-0.1, -0.05) is 54.8 Å². The highest BCUT2D eigenvalue weighted by molar-refractivity contribution is 5.69. The van der Waals surface area contributed by atoms with Gasteiger partial charge in [-0.3, -0.25) is 4.90 Å². The molecule has 1 saturated heterocycles. The first kappa shape index (κ1) is 16.6. The first-order valence-electron chi connectivity index (χ1n) is 8.92. The average Bonchev–Trinajstić information content (AvgIpc) is 2.60. The van der Waals surface area contributed by atoms with E-state index in [0.717, 1.165) is 37.7 Å². The van der Waals surface area contributed by atoms with Crippen molar-refractivity contribution in [2.75, 3.05) is 0 Å². The van der Waals surface area contributed by atoms with Crippen LogP contribution in [0.15, 0.2) is 42.0 Å². The number of amides is 1. The van der Waals surface area contributed by atoms with E-state index < -0.39 is 0 Å². The van der Waals surface area contributed by atoms with Gasteiger partial charge >= 0.3 is 6.09 Å². The second-order valence-electron chi connectivity index (χ2n) is 6.51. The van der Waals surface area contributed by atoms with E-state index in [1.165, 1.54) is 12.0 Å². The molecule has 1 aromatic carbocycles. The molecule has 0 aromatic heterocycles. The van der Waals surface area contributed by atoms with Crippen molar-refractivity contribution in [3.8, 4) is 11.8 Å². The van der Waals surface area contributed by atoms with Gasteiger partial charge in [0.05, 0.1) is 6.04 Å². The van der Waals surface area contributed by atoms with Crippen LogP contribution in [0, 0.1) is 11.8 Å². The molecular formula is C21H25NO2. The highest BCUT2D eigenvalue weighted by Gasteiger charge is 2.37. The minimum atomic E-state index is -0.177. The summed E-state index contributed by atoms with van der Waals surface area (Å²) in [6, 6.07) is 10.3. The zero-order valence-corrected chi connectivity index (χ0v) is 14.3. The molecule has 2 bridgehead atoms. The molecule has 0 N–H and O–H groups in total. The van der Waals surface area contributed by atoms with Crippen LogP contribution in [0.5, 0.6) is 0 Å². The Morgan fingerprint density at radius 3 is 2.83 bits per heavy atom. The number of hydrogen-bond acceptors (Lipinski definition) is 2. The lowest BCUT2D eigenvalue weighted by molar-refractivity contribution is 0.0481. The van der Waals surface area contributed by atoms with E-state index in [1.54, 1.807) is 0 Å². The number of carbonyl (C=O) groups is 1. The van der Waals surface area contributed by atoms with Gasteiger partial charge in [0.2, 0.25) is 0 Å². The van der Waals surface area contributed by atoms with Crippen LogP contribution in [0.2, 0.25) is 0 Å². The number of ether oxygens (including phenoxy) is 1. The first-order chi connectivity index (χ1) is 11.8. The van der Waals surface area contributed by atoms with Crippen LogP contribution in [-0.4, -0.2) is 23.1 Å². The summed E-state index contributed by atoms with van der Waals surface area (Å²) < 4.78 is 5.57. The second kappa shape index (κ2) is 8.06. The number of piperidine rings is 1. The Balaban J connectivity index is 1.64. The molecule has 2 unspecified atom stereocenters. The van der Waals surface area contributed by atoms with Gasteiger partial charge in [-0.15, -0.1) is 5.92 Å². The standard InChI is InChI=1S/C21H25NO2/c1-2-3-5-11-18-14-19-12-8-13-20(15-18)22(19)21(23)24-16-17-9-6-4-7-10-17/h4,6-7,9-10,14,19-20H,2,8,11-13,15-16H2,1H3. The third kappa shape index (κ3) is 4.00. The maximum Gasteiger partial charge on any atom is 0.410 e. The van der Waals surface area contributed by atoms with Gasteiger partial charge in [-0.2, -0.15) is 0 Å². The lowest BCUT2D eigenvalue weighted by Gasteiger charge is -2.44. The minimum Gasteiger partial charge on any atom is -0.445 e. The molecule has 126 valence electrons. The fourth-order valence-corrected chi connectivity index (χ4v) is 3.63. The summed E-state index contributed by atoms with van der Waals surface area (Å²) in [6.07, 6.45) is 8.04. The van der Waals surface area contributed by atoms with E-state index in [9.17, 15) is 4.79 Å². The average molecular weight is 323 g/mol. The predicted molar refractivity (Wildman–Crippen MR) is 95.3 cm³/mol. The number of rotatable bonds is 3. The van der Waals surface area contributed by atoms with Gasteiger partial charge in [0.15, 0.2) is 0 Å². The molecule has 24 heavy (non-hydrogen) atoms. The van der Waals surface area contributed by atoms with Gasteiger partial charge in [-0.25, -0.2) is 4.79 Å². The summed E-state index contributed by atoms with van der Waals surface area (Å²) in [7, 11) is 0. The molecule has 3 heteroatoms.